The van der Waals surface area contributed by atoms with Crippen molar-refractivity contribution in [2.75, 3.05) is 12.0 Å². The largest absolute Gasteiger partial charge is 0.493 e. The standard InChI is InChI=1S/C30H29NO4/c1-20-11-14-23(15-12-20)31-25-9-6-10-26(32)30(25)24(18-29(31)33)22-13-16-27(28(17-22)34-2)35-19-21-7-4-3-5-8-21/h3-5,7-8,11-17,24H,6,9-10,18-19H2,1-2H3. The van der Waals surface area contributed by atoms with Gasteiger partial charge in [0, 0.05) is 35.7 Å². The minimum absolute atomic E-state index is 0.00988. The van der Waals surface area contributed by atoms with Gasteiger partial charge < -0.3 is 9.47 Å². The number of carbonyl (C=O) groups excluding carboxylic acids is 2. The van der Waals surface area contributed by atoms with Gasteiger partial charge >= 0.3 is 0 Å². The summed E-state index contributed by atoms with van der Waals surface area (Å²) in [7, 11) is 1.61. The topological polar surface area (TPSA) is 55.8 Å². The molecule has 1 heterocycles. The Balaban J connectivity index is 1.49. The van der Waals surface area contributed by atoms with Crippen molar-refractivity contribution in [2.24, 2.45) is 0 Å². The van der Waals surface area contributed by atoms with Crippen molar-refractivity contribution >= 4 is 17.4 Å². The van der Waals surface area contributed by atoms with Crippen LogP contribution < -0.4 is 14.4 Å². The van der Waals surface area contributed by atoms with Gasteiger partial charge in [0.2, 0.25) is 5.91 Å². The van der Waals surface area contributed by atoms with Gasteiger partial charge in [0.1, 0.15) is 6.61 Å². The van der Waals surface area contributed by atoms with Crippen molar-refractivity contribution in [1.82, 2.24) is 0 Å². The molecule has 5 nitrogen and oxygen atoms in total. The maximum absolute atomic E-state index is 13.4. The summed E-state index contributed by atoms with van der Waals surface area (Å²) < 4.78 is 11.6. The lowest BCUT2D eigenvalue weighted by Gasteiger charge is -2.38. The Bertz CT molecular complexity index is 1280. The second kappa shape index (κ2) is 9.79. The number of hydrogen-bond donors (Lipinski definition) is 0. The van der Waals surface area contributed by atoms with Crippen LogP contribution in [0.2, 0.25) is 0 Å². The molecule has 5 heteroatoms. The average Bonchev–Trinajstić information content (AvgIpc) is 2.88. The van der Waals surface area contributed by atoms with E-state index in [-0.39, 0.29) is 24.0 Å². The molecule has 0 radical (unpaired) electrons. The number of nitrogens with zero attached hydrogens (tertiary/aromatic N) is 1. The molecule has 5 rings (SSSR count). The van der Waals surface area contributed by atoms with Gasteiger partial charge in [0.25, 0.3) is 0 Å². The Hall–Kier alpha value is -3.86. The fraction of sp³-hybridized carbons (Fsp3) is 0.267. The number of ether oxygens (including phenoxy) is 2. The summed E-state index contributed by atoms with van der Waals surface area (Å²) in [6, 6.07) is 23.6. The maximum atomic E-state index is 13.4. The molecule has 1 amide bonds. The minimum Gasteiger partial charge on any atom is -0.493 e. The minimum atomic E-state index is -0.288. The molecule has 0 bridgehead atoms. The van der Waals surface area contributed by atoms with E-state index in [1.807, 2.05) is 79.7 Å². The van der Waals surface area contributed by atoms with Crippen molar-refractivity contribution in [2.45, 2.75) is 45.1 Å². The second-order valence-corrected chi connectivity index (χ2v) is 9.14. The Morgan fingerprint density at radius 2 is 1.69 bits per heavy atom. The fourth-order valence-corrected chi connectivity index (χ4v) is 5.03. The van der Waals surface area contributed by atoms with Crippen LogP contribution in [0.5, 0.6) is 11.5 Å². The molecule has 0 saturated heterocycles. The molecule has 3 aromatic rings. The summed E-state index contributed by atoms with van der Waals surface area (Å²) in [4.78, 5) is 28.4. The lowest BCUT2D eigenvalue weighted by molar-refractivity contribution is -0.119. The second-order valence-electron chi connectivity index (χ2n) is 9.14. The smallest absolute Gasteiger partial charge is 0.232 e. The van der Waals surface area contributed by atoms with Crippen molar-refractivity contribution < 1.29 is 19.1 Å². The third-order valence-electron chi connectivity index (χ3n) is 6.79. The first-order chi connectivity index (χ1) is 17.0. The lowest BCUT2D eigenvalue weighted by atomic mass is 9.77. The highest BCUT2D eigenvalue weighted by Gasteiger charge is 2.39. The predicted molar refractivity (Wildman–Crippen MR) is 136 cm³/mol. The molecule has 2 aliphatic rings. The first kappa shape index (κ1) is 22.9. The van der Waals surface area contributed by atoms with Crippen LogP contribution in [0.3, 0.4) is 0 Å². The lowest BCUT2D eigenvalue weighted by Crippen LogP contribution is -2.40. The quantitative estimate of drug-likeness (QED) is 0.439. The molecule has 1 unspecified atom stereocenters. The molecule has 178 valence electrons. The molecule has 1 aliphatic heterocycles. The highest BCUT2D eigenvalue weighted by atomic mass is 16.5. The van der Waals surface area contributed by atoms with E-state index in [4.69, 9.17) is 9.47 Å². The van der Waals surface area contributed by atoms with Crippen molar-refractivity contribution in [3.05, 3.63) is 101 Å². The number of amides is 1. The number of ketones is 1. The van der Waals surface area contributed by atoms with E-state index in [0.29, 0.717) is 30.9 Å². The molecule has 0 spiro atoms. The Kier molecular flexibility index (Phi) is 6.41. The number of hydrogen-bond acceptors (Lipinski definition) is 4. The van der Waals surface area contributed by atoms with Gasteiger partial charge in [-0.2, -0.15) is 0 Å². The maximum Gasteiger partial charge on any atom is 0.232 e. The molecule has 3 aromatic carbocycles. The van der Waals surface area contributed by atoms with E-state index < -0.39 is 0 Å². The summed E-state index contributed by atoms with van der Waals surface area (Å²) in [6.45, 7) is 2.45. The summed E-state index contributed by atoms with van der Waals surface area (Å²) in [6.07, 6.45) is 2.23. The zero-order valence-electron chi connectivity index (χ0n) is 20.1. The van der Waals surface area contributed by atoms with Gasteiger partial charge in [0.15, 0.2) is 17.3 Å². The highest BCUT2D eigenvalue weighted by Crippen LogP contribution is 2.45. The SMILES string of the molecule is COc1cc(C2CC(=O)N(c3ccc(C)cc3)C3=C2C(=O)CCC3)ccc1OCc1ccccc1. The van der Waals surface area contributed by atoms with Gasteiger partial charge in [-0.1, -0.05) is 54.1 Å². The van der Waals surface area contributed by atoms with Gasteiger partial charge in [-0.05, 0) is 55.2 Å². The van der Waals surface area contributed by atoms with Crippen LogP contribution in [0.4, 0.5) is 5.69 Å². The van der Waals surface area contributed by atoms with Crippen LogP contribution in [-0.4, -0.2) is 18.8 Å². The van der Waals surface area contributed by atoms with E-state index in [9.17, 15) is 9.59 Å². The summed E-state index contributed by atoms with van der Waals surface area (Å²) in [5.41, 5.74) is 5.52. The Labute approximate surface area is 206 Å². The van der Waals surface area contributed by atoms with E-state index in [0.717, 1.165) is 40.1 Å². The summed E-state index contributed by atoms with van der Waals surface area (Å²) in [5, 5.41) is 0. The van der Waals surface area contributed by atoms with Crippen molar-refractivity contribution in [3.63, 3.8) is 0 Å². The Morgan fingerprint density at radius 3 is 2.43 bits per heavy atom. The van der Waals surface area contributed by atoms with Crippen molar-refractivity contribution in [1.29, 1.82) is 0 Å². The predicted octanol–water partition coefficient (Wildman–Crippen LogP) is 6.11. The zero-order valence-corrected chi connectivity index (χ0v) is 20.1. The van der Waals surface area contributed by atoms with Gasteiger partial charge in [-0.25, -0.2) is 0 Å². The van der Waals surface area contributed by atoms with Crippen LogP contribution >= 0.6 is 0 Å². The highest BCUT2D eigenvalue weighted by molar-refractivity contribution is 6.07. The number of allylic oxidation sites excluding steroid dienone is 2. The molecule has 0 N–H and O–H groups in total. The molecule has 0 aromatic heterocycles. The third kappa shape index (κ3) is 4.59. The van der Waals surface area contributed by atoms with Crippen molar-refractivity contribution in [3.8, 4) is 11.5 Å². The number of benzene rings is 3. The number of Topliss-reactive ketones (excluding diaryl/α,β-unsaturated/α-hetero) is 1. The fourth-order valence-electron chi connectivity index (χ4n) is 5.03. The number of methoxy groups -OCH3 is 1. The third-order valence-corrected chi connectivity index (χ3v) is 6.79. The van der Waals surface area contributed by atoms with E-state index >= 15 is 0 Å². The molecular formula is C30H29NO4. The normalized spacial score (nSPS) is 17.9. The van der Waals surface area contributed by atoms with E-state index in [2.05, 4.69) is 0 Å². The molecule has 1 aliphatic carbocycles. The molecular weight excluding hydrogens is 438 g/mol. The molecule has 0 fully saturated rings. The summed E-state index contributed by atoms with van der Waals surface area (Å²) >= 11 is 0. The number of anilines is 1. The van der Waals surface area contributed by atoms with Crippen LogP contribution in [0, 0.1) is 6.92 Å². The monoisotopic (exact) mass is 467 g/mol. The first-order valence-corrected chi connectivity index (χ1v) is 12.1. The van der Waals surface area contributed by atoms with Gasteiger partial charge in [0.05, 0.1) is 7.11 Å². The molecule has 1 atom stereocenters. The average molecular weight is 468 g/mol. The van der Waals surface area contributed by atoms with Gasteiger partial charge in [-0.3, -0.25) is 14.5 Å². The number of carbonyl (C=O) groups is 2. The van der Waals surface area contributed by atoms with E-state index in [1.54, 1.807) is 12.0 Å². The number of aryl methyl sites for hydroxylation is 1. The number of rotatable bonds is 6. The van der Waals surface area contributed by atoms with Crippen LogP contribution in [0.25, 0.3) is 0 Å². The van der Waals surface area contributed by atoms with Gasteiger partial charge in [-0.15, -0.1) is 0 Å². The van der Waals surface area contributed by atoms with E-state index in [1.165, 1.54) is 0 Å². The zero-order chi connectivity index (χ0) is 24.4. The Morgan fingerprint density at radius 1 is 0.914 bits per heavy atom. The van der Waals surface area contributed by atoms with Crippen LogP contribution in [0.1, 0.15) is 48.3 Å². The molecule has 0 saturated carbocycles. The molecule has 35 heavy (non-hydrogen) atoms. The van der Waals surface area contributed by atoms with Crippen LogP contribution in [0.15, 0.2) is 84.1 Å². The summed E-state index contributed by atoms with van der Waals surface area (Å²) in [5.74, 6) is 1.08. The van der Waals surface area contributed by atoms with Crippen LogP contribution in [-0.2, 0) is 16.2 Å². The first-order valence-electron chi connectivity index (χ1n) is 12.1.